The smallest absolute Gasteiger partial charge is 0.338 e. The van der Waals surface area contributed by atoms with Gasteiger partial charge in [0.15, 0.2) is 0 Å². The predicted octanol–water partition coefficient (Wildman–Crippen LogP) is 3.18. The van der Waals surface area contributed by atoms with Gasteiger partial charge in [0.2, 0.25) is 0 Å². The van der Waals surface area contributed by atoms with E-state index in [1.807, 2.05) is 12.1 Å². The predicted molar refractivity (Wildman–Crippen MR) is 128 cm³/mol. The minimum Gasteiger partial charge on any atom is -0.462 e. The largest absolute Gasteiger partial charge is 0.462 e. The lowest BCUT2D eigenvalue weighted by Crippen LogP contribution is -2.32. The van der Waals surface area contributed by atoms with Gasteiger partial charge in [0, 0.05) is 22.9 Å². The number of ether oxygens (including phenoxy) is 2. The highest BCUT2D eigenvalue weighted by atomic mass is 32.2. The quantitative estimate of drug-likeness (QED) is 0.518. The molecule has 8 nitrogen and oxygen atoms in total. The molecule has 0 saturated carbocycles. The van der Waals surface area contributed by atoms with Crippen LogP contribution in [0.3, 0.4) is 0 Å². The molecule has 0 bridgehead atoms. The number of aromatic amines is 1. The molecule has 0 aliphatic carbocycles. The Kier molecular flexibility index (Phi) is 7.32. The van der Waals surface area contributed by atoms with E-state index in [0.717, 1.165) is 0 Å². The van der Waals surface area contributed by atoms with Gasteiger partial charge < -0.3 is 9.47 Å². The summed E-state index contributed by atoms with van der Waals surface area (Å²) in [6.07, 6.45) is 2.04. The SMILES string of the molecule is Cc1cn([C@@H]2C[C@H](COC(=O)c3ccccc3)[C@@H](COC(=O)c3ccccc3)S2)c(=O)[nH]c1=O. The van der Waals surface area contributed by atoms with Crippen molar-refractivity contribution in [1.29, 1.82) is 0 Å². The van der Waals surface area contributed by atoms with Crippen LogP contribution in [0, 0.1) is 12.8 Å². The van der Waals surface area contributed by atoms with E-state index in [9.17, 15) is 19.2 Å². The number of aryl methyl sites for hydroxylation is 1. The number of nitrogens with zero attached hydrogens (tertiary/aromatic N) is 1. The molecule has 2 aromatic carbocycles. The average Bonchev–Trinajstić information content (AvgIpc) is 3.27. The van der Waals surface area contributed by atoms with Crippen molar-refractivity contribution >= 4 is 23.7 Å². The highest BCUT2D eigenvalue weighted by Crippen LogP contribution is 2.45. The van der Waals surface area contributed by atoms with Gasteiger partial charge in [0.25, 0.3) is 5.56 Å². The van der Waals surface area contributed by atoms with Crippen LogP contribution < -0.4 is 11.2 Å². The maximum Gasteiger partial charge on any atom is 0.338 e. The molecule has 34 heavy (non-hydrogen) atoms. The number of benzene rings is 2. The fourth-order valence-corrected chi connectivity index (χ4v) is 5.37. The third-order valence-corrected chi connectivity index (χ3v) is 7.25. The minimum absolute atomic E-state index is 0.0968. The van der Waals surface area contributed by atoms with Crippen LogP contribution in [0.5, 0.6) is 0 Å². The van der Waals surface area contributed by atoms with Gasteiger partial charge in [-0.1, -0.05) is 36.4 Å². The van der Waals surface area contributed by atoms with Crippen molar-refractivity contribution in [2.75, 3.05) is 13.2 Å². The van der Waals surface area contributed by atoms with Gasteiger partial charge in [-0.3, -0.25) is 14.3 Å². The molecular weight excluding hydrogens is 456 g/mol. The number of hydrogen-bond acceptors (Lipinski definition) is 7. The standard InChI is InChI=1S/C25H24N2O6S/c1-16-13-27(25(31)26-22(16)28)21-12-19(14-32-23(29)17-8-4-2-5-9-17)20(34-21)15-33-24(30)18-10-6-3-7-11-18/h2-11,13,19-21H,12,14-15H2,1H3,(H,26,28,31)/t19-,20-,21+/m1/s1. The molecule has 1 fully saturated rings. The second-order valence-electron chi connectivity index (χ2n) is 8.03. The first-order valence-corrected chi connectivity index (χ1v) is 11.8. The van der Waals surface area contributed by atoms with Gasteiger partial charge in [-0.05, 0) is 37.6 Å². The zero-order valence-electron chi connectivity index (χ0n) is 18.5. The second kappa shape index (κ2) is 10.6. The molecular formula is C25H24N2O6S. The number of aromatic nitrogens is 2. The number of thioether (sulfide) groups is 1. The first kappa shape index (κ1) is 23.6. The van der Waals surface area contributed by atoms with Gasteiger partial charge in [0.1, 0.15) is 6.61 Å². The van der Waals surface area contributed by atoms with Gasteiger partial charge in [-0.2, -0.15) is 0 Å². The summed E-state index contributed by atoms with van der Waals surface area (Å²) in [5.41, 5.74) is 0.387. The molecule has 1 aliphatic rings. The Morgan fingerprint density at radius 3 is 2.09 bits per heavy atom. The number of esters is 2. The summed E-state index contributed by atoms with van der Waals surface area (Å²) in [5, 5.41) is -0.510. The number of H-pyrrole nitrogens is 1. The lowest BCUT2D eigenvalue weighted by molar-refractivity contribution is 0.0365. The summed E-state index contributed by atoms with van der Waals surface area (Å²) in [6.45, 7) is 1.84. The highest BCUT2D eigenvalue weighted by molar-refractivity contribution is 8.00. The van der Waals surface area contributed by atoms with Gasteiger partial charge in [0.05, 0.1) is 23.1 Å². The summed E-state index contributed by atoms with van der Waals surface area (Å²) in [6, 6.07) is 17.4. The molecule has 0 amide bonds. The van der Waals surface area contributed by atoms with E-state index >= 15 is 0 Å². The van der Waals surface area contributed by atoms with E-state index < -0.39 is 23.2 Å². The maximum atomic E-state index is 12.4. The highest BCUT2D eigenvalue weighted by Gasteiger charge is 2.38. The average molecular weight is 481 g/mol. The lowest BCUT2D eigenvalue weighted by atomic mass is 10.0. The molecule has 176 valence electrons. The summed E-state index contributed by atoms with van der Waals surface area (Å²) in [5.74, 6) is -1.04. The number of nitrogens with one attached hydrogen (secondary N) is 1. The Bertz CT molecular complexity index is 1210. The fraction of sp³-hybridized carbons (Fsp3) is 0.280. The Balaban J connectivity index is 1.49. The van der Waals surface area contributed by atoms with Gasteiger partial charge in [-0.25, -0.2) is 14.4 Å². The second-order valence-corrected chi connectivity index (χ2v) is 9.45. The van der Waals surface area contributed by atoms with E-state index in [1.165, 1.54) is 22.5 Å². The first-order chi connectivity index (χ1) is 16.4. The van der Waals surface area contributed by atoms with Crippen LogP contribution in [-0.4, -0.2) is 40.0 Å². The third-order valence-electron chi connectivity index (χ3n) is 5.64. The number of carbonyl (C=O) groups is 2. The number of rotatable bonds is 7. The molecule has 9 heteroatoms. The Labute approximate surface area is 199 Å². The lowest BCUT2D eigenvalue weighted by Gasteiger charge is -2.18. The molecule has 1 aromatic heterocycles. The van der Waals surface area contributed by atoms with E-state index in [1.54, 1.807) is 55.5 Å². The minimum atomic E-state index is -0.505. The first-order valence-electron chi connectivity index (χ1n) is 10.8. The third kappa shape index (κ3) is 5.48. The topological polar surface area (TPSA) is 107 Å². The van der Waals surface area contributed by atoms with Crippen LogP contribution in [0.4, 0.5) is 0 Å². The molecule has 0 spiro atoms. The van der Waals surface area contributed by atoms with Crippen LogP contribution >= 0.6 is 11.8 Å². The molecule has 2 heterocycles. The summed E-state index contributed by atoms with van der Waals surface area (Å²) in [4.78, 5) is 51.4. The molecule has 1 aliphatic heterocycles. The normalized spacial score (nSPS) is 19.5. The van der Waals surface area contributed by atoms with Crippen molar-refractivity contribution < 1.29 is 19.1 Å². The zero-order chi connectivity index (χ0) is 24.1. The number of carbonyl (C=O) groups excluding carboxylic acids is 2. The summed E-state index contributed by atoms with van der Waals surface area (Å²) < 4.78 is 12.6. The summed E-state index contributed by atoms with van der Waals surface area (Å²) in [7, 11) is 0. The van der Waals surface area contributed by atoms with Crippen molar-refractivity contribution in [2.45, 2.75) is 24.0 Å². The zero-order valence-corrected chi connectivity index (χ0v) is 19.3. The van der Waals surface area contributed by atoms with Crippen molar-refractivity contribution in [2.24, 2.45) is 5.92 Å². The van der Waals surface area contributed by atoms with Crippen LogP contribution in [0.1, 0.15) is 38.1 Å². The van der Waals surface area contributed by atoms with Crippen LogP contribution in [-0.2, 0) is 9.47 Å². The van der Waals surface area contributed by atoms with Crippen LogP contribution in [0.2, 0.25) is 0 Å². The Hall–Kier alpha value is -3.59. The number of hydrogen-bond donors (Lipinski definition) is 1. The van der Waals surface area contributed by atoms with E-state index in [0.29, 0.717) is 23.1 Å². The molecule has 1 saturated heterocycles. The van der Waals surface area contributed by atoms with Crippen molar-refractivity contribution in [3.63, 3.8) is 0 Å². The van der Waals surface area contributed by atoms with Crippen molar-refractivity contribution in [3.8, 4) is 0 Å². The van der Waals surface area contributed by atoms with Crippen molar-refractivity contribution in [3.05, 3.63) is 104 Å². The molecule has 3 atom stereocenters. The maximum absolute atomic E-state index is 12.4. The fourth-order valence-electron chi connectivity index (χ4n) is 3.76. The summed E-state index contributed by atoms with van der Waals surface area (Å²) >= 11 is 1.46. The molecule has 4 rings (SSSR count). The van der Waals surface area contributed by atoms with Gasteiger partial charge in [-0.15, -0.1) is 11.8 Å². The molecule has 1 N–H and O–H groups in total. The van der Waals surface area contributed by atoms with E-state index in [4.69, 9.17) is 9.47 Å². The van der Waals surface area contributed by atoms with E-state index in [2.05, 4.69) is 4.98 Å². The van der Waals surface area contributed by atoms with Crippen LogP contribution in [0.25, 0.3) is 0 Å². The monoisotopic (exact) mass is 480 g/mol. The van der Waals surface area contributed by atoms with Crippen molar-refractivity contribution in [1.82, 2.24) is 9.55 Å². The molecule has 0 radical (unpaired) electrons. The molecule has 0 unspecified atom stereocenters. The van der Waals surface area contributed by atoms with E-state index in [-0.39, 0.29) is 29.8 Å². The molecule has 3 aromatic rings. The van der Waals surface area contributed by atoms with Crippen LogP contribution in [0.15, 0.2) is 76.4 Å². The Morgan fingerprint density at radius 1 is 0.941 bits per heavy atom. The van der Waals surface area contributed by atoms with Gasteiger partial charge >= 0.3 is 17.6 Å². The Morgan fingerprint density at radius 2 is 1.50 bits per heavy atom.